The van der Waals surface area contributed by atoms with E-state index in [2.05, 4.69) is 61.2 Å². The van der Waals surface area contributed by atoms with Crippen molar-refractivity contribution in [2.45, 2.75) is 189 Å². The van der Waals surface area contributed by atoms with Gasteiger partial charge in [-0.25, -0.2) is 19.6 Å². The minimum atomic E-state index is -0.586. The SMILES string of the molecule is CC(CCCCCCCCCC(C)(C)C)OCn1c(-c2ccc(C#Cc3ccc4nc(C5CCCN5C(=O)OC(C)(C)C)[nH]c4c3)cc2)cnc1C1CCCN1C(=O)OC(C)(C)C. The number of rotatable bonds is 15. The number of nitrogens with zero attached hydrogens (tertiary/aromatic N) is 5. The Labute approximate surface area is 377 Å². The fourth-order valence-electron chi connectivity index (χ4n) is 8.58. The van der Waals surface area contributed by atoms with Crippen LogP contribution in [0.3, 0.4) is 0 Å². The number of likely N-dealkylation sites (tertiary alicyclic amines) is 2. The van der Waals surface area contributed by atoms with E-state index in [0.29, 0.717) is 25.2 Å². The number of fused-ring (bicyclic) bond motifs is 1. The topological polar surface area (TPSA) is 115 Å². The van der Waals surface area contributed by atoms with Gasteiger partial charge in [-0.1, -0.05) is 89.7 Å². The Hall–Kier alpha value is -4.82. The molecule has 2 aliphatic heterocycles. The Bertz CT molecular complexity index is 2190. The van der Waals surface area contributed by atoms with Crippen LogP contribution in [0.15, 0.2) is 48.7 Å². The van der Waals surface area contributed by atoms with Crippen LogP contribution >= 0.6 is 0 Å². The van der Waals surface area contributed by atoms with Gasteiger partial charge in [0.15, 0.2) is 0 Å². The molecule has 4 aromatic rings. The molecule has 342 valence electrons. The molecule has 4 heterocycles. The van der Waals surface area contributed by atoms with Crippen LogP contribution in [0.2, 0.25) is 0 Å². The van der Waals surface area contributed by atoms with Gasteiger partial charge in [-0.3, -0.25) is 9.80 Å². The number of unbranched alkanes of at least 4 members (excludes halogenated alkanes) is 6. The molecular weight excluding hydrogens is 789 g/mol. The first-order valence-electron chi connectivity index (χ1n) is 23.6. The molecule has 3 atom stereocenters. The number of nitrogens with one attached hydrogen (secondary N) is 1. The Morgan fingerprint density at radius 3 is 1.97 bits per heavy atom. The maximum atomic E-state index is 13.4. The number of aromatic amines is 1. The van der Waals surface area contributed by atoms with Gasteiger partial charge in [0.05, 0.1) is 41.1 Å². The number of carbonyl (C=O) groups excluding carboxylic acids is 2. The van der Waals surface area contributed by atoms with Crippen molar-refractivity contribution in [2.75, 3.05) is 13.1 Å². The molecule has 3 unspecified atom stereocenters. The zero-order valence-corrected chi connectivity index (χ0v) is 39.9. The van der Waals surface area contributed by atoms with E-state index in [1.807, 2.05) is 83.0 Å². The van der Waals surface area contributed by atoms with E-state index in [0.717, 1.165) is 83.6 Å². The number of benzene rings is 2. The summed E-state index contributed by atoms with van der Waals surface area (Å²) < 4.78 is 20.2. The van der Waals surface area contributed by atoms with Crippen molar-refractivity contribution in [3.63, 3.8) is 0 Å². The largest absolute Gasteiger partial charge is 0.444 e. The number of carbonyl (C=O) groups is 2. The third-order valence-electron chi connectivity index (χ3n) is 11.8. The van der Waals surface area contributed by atoms with Crippen molar-refractivity contribution in [3.05, 3.63) is 71.4 Å². The maximum Gasteiger partial charge on any atom is 0.410 e. The number of imidazole rings is 2. The second kappa shape index (κ2) is 20.8. The predicted octanol–water partition coefficient (Wildman–Crippen LogP) is 12.9. The second-order valence-electron chi connectivity index (χ2n) is 21.0. The molecule has 2 saturated heterocycles. The molecule has 11 heteroatoms. The van der Waals surface area contributed by atoms with E-state index in [1.165, 1.54) is 44.9 Å². The number of ether oxygens (including phenoxy) is 3. The van der Waals surface area contributed by atoms with Gasteiger partial charge < -0.3 is 23.8 Å². The van der Waals surface area contributed by atoms with E-state index < -0.39 is 11.2 Å². The van der Waals surface area contributed by atoms with Gasteiger partial charge in [-0.15, -0.1) is 0 Å². The van der Waals surface area contributed by atoms with E-state index in [4.69, 9.17) is 24.2 Å². The van der Waals surface area contributed by atoms with E-state index in [1.54, 1.807) is 4.90 Å². The lowest BCUT2D eigenvalue weighted by atomic mass is 9.89. The Kier molecular flexibility index (Phi) is 15.7. The zero-order chi connectivity index (χ0) is 45.4. The number of hydrogen-bond donors (Lipinski definition) is 1. The first-order valence-corrected chi connectivity index (χ1v) is 23.6. The first-order chi connectivity index (χ1) is 29.8. The van der Waals surface area contributed by atoms with Crippen molar-refractivity contribution < 1.29 is 23.8 Å². The monoisotopic (exact) mass is 863 g/mol. The summed E-state index contributed by atoms with van der Waals surface area (Å²) in [4.78, 5) is 43.2. The molecule has 1 N–H and O–H groups in total. The first kappa shape index (κ1) is 47.7. The summed E-state index contributed by atoms with van der Waals surface area (Å²) in [7, 11) is 0. The fraction of sp³-hybridized carbons (Fsp3) is 0.615. The van der Waals surface area contributed by atoms with Gasteiger partial charge in [-0.2, -0.15) is 0 Å². The third-order valence-corrected chi connectivity index (χ3v) is 11.8. The van der Waals surface area contributed by atoms with Crippen molar-refractivity contribution in [2.24, 2.45) is 5.41 Å². The van der Waals surface area contributed by atoms with Crippen molar-refractivity contribution in [3.8, 4) is 23.1 Å². The van der Waals surface area contributed by atoms with Crippen LogP contribution in [0.5, 0.6) is 0 Å². The molecule has 0 radical (unpaired) electrons. The summed E-state index contributed by atoms with van der Waals surface area (Å²) in [6, 6.07) is 13.8. The lowest BCUT2D eigenvalue weighted by Gasteiger charge is -2.29. The molecule has 0 aliphatic carbocycles. The molecule has 0 saturated carbocycles. The van der Waals surface area contributed by atoms with Crippen LogP contribution < -0.4 is 0 Å². The smallest absolute Gasteiger partial charge is 0.410 e. The molecule has 2 fully saturated rings. The van der Waals surface area contributed by atoms with Crippen molar-refractivity contribution in [1.29, 1.82) is 0 Å². The Morgan fingerprint density at radius 2 is 1.33 bits per heavy atom. The minimum Gasteiger partial charge on any atom is -0.444 e. The van der Waals surface area contributed by atoms with E-state index in [-0.39, 0.29) is 30.4 Å². The molecule has 2 amide bonds. The Balaban J connectivity index is 1.12. The molecule has 2 aromatic carbocycles. The average Bonchev–Trinajstić information content (AvgIpc) is 4.03. The van der Waals surface area contributed by atoms with Crippen LogP contribution in [0.1, 0.15) is 188 Å². The summed E-state index contributed by atoms with van der Waals surface area (Å²) in [6.45, 7) is 22.1. The highest BCUT2D eigenvalue weighted by molar-refractivity contribution is 5.77. The lowest BCUT2D eigenvalue weighted by Crippen LogP contribution is -2.37. The number of H-pyrrole nitrogens is 1. The Morgan fingerprint density at radius 1 is 0.762 bits per heavy atom. The van der Waals surface area contributed by atoms with Gasteiger partial charge in [0.25, 0.3) is 0 Å². The highest BCUT2D eigenvalue weighted by Gasteiger charge is 2.37. The highest BCUT2D eigenvalue weighted by atomic mass is 16.6. The molecule has 6 rings (SSSR count). The van der Waals surface area contributed by atoms with Crippen LogP contribution in [-0.2, 0) is 20.9 Å². The average molecular weight is 863 g/mol. The number of aromatic nitrogens is 4. The predicted molar refractivity (Wildman–Crippen MR) is 251 cm³/mol. The normalized spacial score (nSPS) is 17.6. The summed E-state index contributed by atoms with van der Waals surface area (Å²) in [5.74, 6) is 8.26. The molecular formula is C52H74N6O5. The molecule has 0 spiro atoms. The van der Waals surface area contributed by atoms with Gasteiger partial charge in [0.2, 0.25) is 0 Å². The third kappa shape index (κ3) is 13.8. The summed E-state index contributed by atoms with van der Waals surface area (Å²) >= 11 is 0. The van der Waals surface area contributed by atoms with Gasteiger partial charge >= 0.3 is 12.2 Å². The maximum absolute atomic E-state index is 13.4. The lowest BCUT2D eigenvalue weighted by molar-refractivity contribution is 0.00623. The quantitative estimate of drug-likeness (QED) is 0.0935. The molecule has 2 aliphatic rings. The van der Waals surface area contributed by atoms with E-state index >= 15 is 0 Å². The van der Waals surface area contributed by atoms with Crippen LogP contribution in [-0.4, -0.2) is 71.9 Å². The summed E-state index contributed by atoms with van der Waals surface area (Å²) in [5, 5.41) is 0. The summed E-state index contributed by atoms with van der Waals surface area (Å²) in [5.41, 5.74) is 4.70. The van der Waals surface area contributed by atoms with Crippen LogP contribution in [0.4, 0.5) is 9.59 Å². The second-order valence-corrected chi connectivity index (χ2v) is 21.0. The van der Waals surface area contributed by atoms with Crippen molar-refractivity contribution >= 4 is 23.2 Å². The zero-order valence-electron chi connectivity index (χ0n) is 39.9. The summed E-state index contributed by atoms with van der Waals surface area (Å²) in [6.07, 6.45) is 16.1. The molecule has 2 aromatic heterocycles. The minimum absolute atomic E-state index is 0.0882. The molecule has 0 bridgehead atoms. The van der Waals surface area contributed by atoms with Gasteiger partial charge in [0, 0.05) is 24.2 Å². The van der Waals surface area contributed by atoms with Crippen molar-refractivity contribution in [1.82, 2.24) is 29.3 Å². The van der Waals surface area contributed by atoms with Gasteiger partial charge in [-0.05, 0) is 128 Å². The molecule has 11 nitrogen and oxygen atoms in total. The standard InChI is InChI=1S/C52H74N6O5/c1-37(20-16-14-12-11-13-15-17-31-50(2,3)4)61-36-58-45(35-53-47(58)44-22-19-33-57(44)49(60)63-52(8,9)10)40-28-25-38(26-29-40)23-24-39-27-30-41-42(34-39)55-46(54-41)43-21-18-32-56(43)48(59)62-51(5,6)7/h25-30,34-35,37,43-44H,11-22,31-33,36H2,1-10H3,(H,54,55). The highest BCUT2D eigenvalue weighted by Crippen LogP contribution is 2.36. The number of hydrogen-bond acceptors (Lipinski definition) is 7. The van der Waals surface area contributed by atoms with Crippen LogP contribution in [0.25, 0.3) is 22.3 Å². The fourth-order valence-corrected chi connectivity index (χ4v) is 8.58. The van der Waals surface area contributed by atoms with E-state index in [9.17, 15) is 9.59 Å². The molecule has 63 heavy (non-hydrogen) atoms. The number of amides is 2. The van der Waals surface area contributed by atoms with Crippen LogP contribution in [0, 0.1) is 17.3 Å². The van der Waals surface area contributed by atoms with Gasteiger partial charge in [0.1, 0.15) is 29.6 Å².